The molecule has 3 amide bonds. The van der Waals surface area contributed by atoms with E-state index in [9.17, 15) is 14.4 Å². The minimum Gasteiger partial charge on any atom is -0.458 e. The Bertz CT molecular complexity index is 1860. The Labute approximate surface area is 303 Å². The maximum atomic E-state index is 14.2. The Morgan fingerprint density at radius 1 is 1.00 bits per heavy atom. The zero-order valence-electron chi connectivity index (χ0n) is 29.6. The molecule has 1 saturated heterocycles. The Kier molecular flexibility index (Phi) is 11.5. The van der Waals surface area contributed by atoms with Crippen molar-refractivity contribution in [3.8, 4) is 29.5 Å². The lowest BCUT2D eigenvalue weighted by Crippen LogP contribution is -2.58. The first-order valence-electron chi connectivity index (χ1n) is 17.4. The molecule has 0 spiro atoms. The van der Waals surface area contributed by atoms with Crippen molar-refractivity contribution in [2.24, 2.45) is 0 Å². The molecule has 2 aliphatic rings. The summed E-state index contributed by atoms with van der Waals surface area (Å²) in [5.74, 6) is 1.41. The van der Waals surface area contributed by atoms with Crippen molar-refractivity contribution >= 4 is 17.9 Å². The molecule has 1 aliphatic heterocycles. The summed E-state index contributed by atoms with van der Waals surface area (Å²) in [6.45, 7) is 4.38. The van der Waals surface area contributed by atoms with Gasteiger partial charge in [-0.15, -0.1) is 6.42 Å². The molecule has 13 nitrogen and oxygen atoms in total. The SMILES string of the molecule is C#CCO[C@H](C)[C@H](NC(=O)[C@H](C)N(C)C(=O)OCC1c2ccccc2-c2ccccc21)C(=O)N1CCC[C@H]1Cn1nnnc1OCc1ccccc1. The first-order valence-corrected chi connectivity index (χ1v) is 17.4. The Balaban J connectivity index is 1.09. The summed E-state index contributed by atoms with van der Waals surface area (Å²) < 4.78 is 18.9. The topological polar surface area (TPSA) is 141 Å². The number of carbonyl (C=O) groups is 3. The number of ether oxygens (including phenoxy) is 3. The fourth-order valence-corrected chi connectivity index (χ4v) is 6.79. The molecule has 270 valence electrons. The van der Waals surface area contributed by atoms with Crippen LogP contribution in [0, 0.1) is 12.3 Å². The van der Waals surface area contributed by atoms with Gasteiger partial charge in [0.05, 0.1) is 18.7 Å². The second kappa shape index (κ2) is 16.5. The van der Waals surface area contributed by atoms with Gasteiger partial charge in [0.1, 0.15) is 31.9 Å². The zero-order valence-corrected chi connectivity index (χ0v) is 29.6. The van der Waals surface area contributed by atoms with Crippen LogP contribution in [0.3, 0.4) is 0 Å². The first kappa shape index (κ1) is 36.1. The maximum Gasteiger partial charge on any atom is 0.410 e. The zero-order chi connectivity index (χ0) is 36.6. The minimum absolute atomic E-state index is 0.0494. The van der Waals surface area contributed by atoms with Crippen molar-refractivity contribution in [2.45, 2.75) is 70.0 Å². The van der Waals surface area contributed by atoms with E-state index in [4.69, 9.17) is 20.6 Å². The Morgan fingerprint density at radius 3 is 2.37 bits per heavy atom. The molecular formula is C39H43N7O6. The molecule has 1 aliphatic carbocycles. The second-order valence-corrected chi connectivity index (χ2v) is 13.0. The van der Waals surface area contributed by atoms with Gasteiger partial charge in [-0.05, 0) is 64.9 Å². The maximum absolute atomic E-state index is 14.2. The molecule has 0 bridgehead atoms. The molecule has 6 rings (SSSR count). The monoisotopic (exact) mass is 705 g/mol. The van der Waals surface area contributed by atoms with E-state index in [-0.39, 0.29) is 43.7 Å². The summed E-state index contributed by atoms with van der Waals surface area (Å²) in [6, 6.07) is 23.7. The summed E-state index contributed by atoms with van der Waals surface area (Å²) in [5.41, 5.74) is 5.37. The number of nitrogens with zero attached hydrogens (tertiary/aromatic N) is 6. The van der Waals surface area contributed by atoms with Crippen LogP contribution < -0.4 is 10.1 Å². The minimum atomic E-state index is -1.08. The van der Waals surface area contributed by atoms with E-state index in [0.29, 0.717) is 19.5 Å². The van der Waals surface area contributed by atoms with E-state index in [0.717, 1.165) is 34.2 Å². The van der Waals surface area contributed by atoms with Gasteiger partial charge in [-0.3, -0.25) is 14.5 Å². The van der Waals surface area contributed by atoms with Crippen molar-refractivity contribution in [2.75, 3.05) is 26.8 Å². The summed E-state index contributed by atoms with van der Waals surface area (Å²) in [4.78, 5) is 44.1. The molecule has 52 heavy (non-hydrogen) atoms. The number of likely N-dealkylation sites (tertiary alicyclic amines) is 1. The van der Waals surface area contributed by atoms with Gasteiger partial charge in [-0.1, -0.05) is 89.9 Å². The van der Waals surface area contributed by atoms with E-state index in [1.807, 2.05) is 66.7 Å². The van der Waals surface area contributed by atoms with Crippen LogP contribution in [-0.2, 0) is 32.2 Å². The highest BCUT2D eigenvalue weighted by Gasteiger charge is 2.39. The van der Waals surface area contributed by atoms with Crippen LogP contribution in [0.5, 0.6) is 6.01 Å². The molecule has 0 saturated carbocycles. The second-order valence-electron chi connectivity index (χ2n) is 13.0. The van der Waals surface area contributed by atoms with Crippen LogP contribution in [0.25, 0.3) is 11.1 Å². The predicted octanol–water partition coefficient (Wildman–Crippen LogP) is 4.04. The van der Waals surface area contributed by atoms with Crippen LogP contribution in [0.4, 0.5) is 4.79 Å². The van der Waals surface area contributed by atoms with Crippen LogP contribution in [0.1, 0.15) is 49.3 Å². The fourth-order valence-electron chi connectivity index (χ4n) is 6.79. The lowest BCUT2D eigenvalue weighted by atomic mass is 9.98. The normalized spacial score (nSPS) is 16.6. The molecule has 4 aromatic rings. The quantitative estimate of drug-likeness (QED) is 0.193. The van der Waals surface area contributed by atoms with Gasteiger partial charge < -0.3 is 24.4 Å². The molecule has 2 heterocycles. The lowest BCUT2D eigenvalue weighted by Gasteiger charge is -2.33. The number of rotatable bonds is 14. The number of carbonyl (C=O) groups excluding carboxylic acids is 3. The van der Waals surface area contributed by atoms with E-state index < -0.39 is 30.2 Å². The summed E-state index contributed by atoms with van der Waals surface area (Å²) in [5, 5.41) is 14.8. The van der Waals surface area contributed by atoms with Gasteiger partial charge in [-0.25, -0.2) is 4.79 Å². The first-order chi connectivity index (χ1) is 25.3. The molecule has 13 heteroatoms. The van der Waals surface area contributed by atoms with Gasteiger partial charge >= 0.3 is 12.1 Å². The average molecular weight is 706 g/mol. The third-order valence-electron chi connectivity index (χ3n) is 9.80. The van der Waals surface area contributed by atoms with E-state index in [1.54, 1.807) is 18.7 Å². The van der Waals surface area contributed by atoms with E-state index in [2.05, 4.69) is 38.9 Å². The molecule has 0 radical (unpaired) electrons. The van der Waals surface area contributed by atoms with Gasteiger partial charge in [0, 0.05) is 19.5 Å². The fraction of sp³-hybridized carbons (Fsp3) is 0.385. The number of benzene rings is 3. The molecule has 1 aromatic heterocycles. The van der Waals surface area contributed by atoms with Gasteiger partial charge in [0.25, 0.3) is 0 Å². The smallest absolute Gasteiger partial charge is 0.410 e. The van der Waals surface area contributed by atoms with Crippen molar-refractivity contribution in [1.29, 1.82) is 0 Å². The average Bonchev–Trinajstić information content (AvgIpc) is 3.91. The molecule has 1 fully saturated rings. The van der Waals surface area contributed by atoms with Crippen molar-refractivity contribution in [3.63, 3.8) is 0 Å². The van der Waals surface area contributed by atoms with Crippen molar-refractivity contribution in [1.82, 2.24) is 35.3 Å². The Morgan fingerprint density at radius 2 is 1.67 bits per heavy atom. The summed E-state index contributed by atoms with van der Waals surface area (Å²) >= 11 is 0. The van der Waals surface area contributed by atoms with Crippen molar-refractivity contribution in [3.05, 3.63) is 95.6 Å². The van der Waals surface area contributed by atoms with Gasteiger partial charge in [0.15, 0.2) is 0 Å². The van der Waals surface area contributed by atoms with Crippen molar-refractivity contribution < 1.29 is 28.6 Å². The van der Waals surface area contributed by atoms with Crippen LogP contribution in [-0.4, -0.2) is 99.0 Å². The molecular weight excluding hydrogens is 662 g/mol. The van der Waals surface area contributed by atoms with Crippen LogP contribution in [0.2, 0.25) is 0 Å². The predicted molar refractivity (Wildman–Crippen MR) is 192 cm³/mol. The molecule has 1 N–H and O–H groups in total. The molecule has 4 atom stereocenters. The number of aromatic nitrogens is 4. The lowest BCUT2D eigenvalue weighted by molar-refractivity contribution is -0.142. The number of hydrogen-bond acceptors (Lipinski definition) is 9. The third-order valence-corrected chi connectivity index (χ3v) is 9.80. The Hall–Kier alpha value is -5.74. The van der Waals surface area contributed by atoms with Gasteiger partial charge in [-0.2, -0.15) is 4.68 Å². The standard InChI is InChI=1S/C39H43N7O6/c1-5-22-50-27(3)35(37(48)45-21-13-16-29(45)23-46-38(41-42-43-46)51-24-28-14-7-6-8-15-28)40-36(47)26(2)44(4)39(49)52-25-34-32-19-11-9-17-30(32)31-18-10-12-20-33(31)34/h1,6-12,14-15,17-20,26-27,29,34-35H,13,16,21-25H2,2-4H3,(H,40,47)/t26-,27+,29-,35-/m0/s1. The third kappa shape index (κ3) is 7.92. The number of terminal acetylenes is 1. The number of likely N-dealkylation sites (N-methyl/N-ethyl adjacent to an activating group) is 1. The van der Waals surface area contributed by atoms with Gasteiger partial charge in [0.2, 0.25) is 11.8 Å². The highest BCUT2D eigenvalue weighted by molar-refractivity contribution is 5.91. The van der Waals surface area contributed by atoms with E-state index in [1.165, 1.54) is 16.6 Å². The summed E-state index contributed by atoms with van der Waals surface area (Å²) in [6.07, 6.45) is 5.48. The molecule has 3 aromatic carbocycles. The largest absolute Gasteiger partial charge is 0.458 e. The number of hydrogen-bond donors (Lipinski definition) is 1. The number of nitrogens with one attached hydrogen (secondary N) is 1. The molecule has 0 unspecified atom stereocenters. The highest BCUT2D eigenvalue weighted by atomic mass is 16.6. The number of fused-ring (bicyclic) bond motifs is 3. The highest BCUT2D eigenvalue weighted by Crippen LogP contribution is 2.44. The van der Waals surface area contributed by atoms with E-state index >= 15 is 0 Å². The number of tetrazole rings is 1. The van der Waals surface area contributed by atoms with Crippen LogP contribution in [0.15, 0.2) is 78.9 Å². The summed E-state index contributed by atoms with van der Waals surface area (Å²) in [7, 11) is 1.50. The van der Waals surface area contributed by atoms with Crippen LogP contribution >= 0.6 is 0 Å². The number of amides is 3.